The highest BCUT2D eigenvalue weighted by Gasteiger charge is 2.22. The van der Waals surface area contributed by atoms with Crippen LogP contribution < -0.4 is 4.57 Å². The summed E-state index contributed by atoms with van der Waals surface area (Å²) in [7, 11) is 1.76. The molecule has 0 unspecified atom stereocenters. The Morgan fingerprint density at radius 1 is 0.900 bits per heavy atom. The molecule has 2 aliphatic carbocycles. The van der Waals surface area contributed by atoms with Gasteiger partial charge in [0.1, 0.15) is 7.05 Å². The van der Waals surface area contributed by atoms with Crippen LogP contribution in [0.25, 0.3) is 11.3 Å². The Morgan fingerprint density at radius 3 is 2.25 bits per heavy atom. The lowest BCUT2D eigenvalue weighted by atomic mass is 9.97. The van der Waals surface area contributed by atoms with E-state index in [0.29, 0.717) is 33.5 Å². The van der Waals surface area contributed by atoms with Gasteiger partial charge in [-0.1, -0.05) is 6.07 Å². The molecule has 1 aromatic carbocycles. The van der Waals surface area contributed by atoms with Crippen LogP contribution in [0, 0.1) is 6.92 Å². The summed E-state index contributed by atoms with van der Waals surface area (Å²) in [6, 6.07) is 5.03. The van der Waals surface area contributed by atoms with E-state index in [0.717, 1.165) is 5.56 Å². The molecular formula is C19H22N+. The van der Waals surface area contributed by atoms with Crippen LogP contribution in [0.4, 0.5) is 0 Å². The van der Waals surface area contributed by atoms with Gasteiger partial charge < -0.3 is 0 Å². The summed E-state index contributed by atoms with van der Waals surface area (Å²) in [5.41, 5.74) is 3.50. The molecule has 0 radical (unpaired) electrons. The van der Waals surface area contributed by atoms with E-state index in [1.807, 2.05) is 6.92 Å². The van der Waals surface area contributed by atoms with E-state index in [-0.39, 0.29) is 12.8 Å². The van der Waals surface area contributed by atoms with Gasteiger partial charge in [-0.15, -0.1) is 0 Å². The van der Waals surface area contributed by atoms with Crippen molar-refractivity contribution < 1.29 is 15.5 Å². The van der Waals surface area contributed by atoms with E-state index < -0.39 is 25.5 Å². The summed E-state index contributed by atoms with van der Waals surface area (Å²) < 4.78 is 67.4. The standard InChI is InChI=1S/C19H22N/c1-13-9-14-5-3-6-15(14)10-18(13)19-11-16-7-4-8-17(16)12-20(19)2/h9-12H,3-8H2,1-2H3/q+1/i5D2,6D2,7D2,8D2. The first-order valence-corrected chi connectivity index (χ1v) is 6.86. The van der Waals surface area contributed by atoms with E-state index in [4.69, 9.17) is 11.0 Å². The minimum absolute atomic E-state index is 0.225. The molecule has 1 heterocycles. The first kappa shape index (κ1) is 6.43. The van der Waals surface area contributed by atoms with E-state index in [2.05, 4.69) is 0 Å². The van der Waals surface area contributed by atoms with Crippen molar-refractivity contribution >= 4 is 0 Å². The molecule has 1 nitrogen and oxygen atoms in total. The Morgan fingerprint density at radius 2 is 1.50 bits per heavy atom. The van der Waals surface area contributed by atoms with E-state index in [1.165, 1.54) is 0 Å². The Labute approximate surface area is 132 Å². The fraction of sp³-hybridized carbons (Fsp3) is 0.421. The summed E-state index contributed by atoms with van der Waals surface area (Å²) in [6.45, 7) is 1.83. The number of hydrogen-bond donors (Lipinski definition) is 0. The number of rotatable bonds is 1. The van der Waals surface area contributed by atoms with E-state index >= 15 is 0 Å². The molecule has 0 fully saturated rings. The highest BCUT2D eigenvalue weighted by Crippen LogP contribution is 2.31. The first-order chi connectivity index (χ1) is 12.7. The van der Waals surface area contributed by atoms with Crippen molar-refractivity contribution in [3.05, 3.63) is 52.2 Å². The number of nitrogens with zero attached hydrogens (tertiary/aromatic N) is 1. The summed E-state index contributed by atoms with van der Waals surface area (Å²) in [5.74, 6) is 0. The number of hydrogen-bond acceptors (Lipinski definition) is 0. The second-order valence-electron chi connectivity index (χ2n) is 5.37. The quantitative estimate of drug-likeness (QED) is 0.700. The molecule has 0 saturated heterocycles. The van der Waals surface area contributed by atoms with E-state index in [9.17, 15) is 0 Å². The molecule has 102 valence electrons. The second kappa shape index (κ2) is 4.44. The molecule has 0 amide bonds. The molecular weight excluding hydrogens is 242 g/mol. The molecule has 0 bridgehead atoms. The predicted octanol–water partition coefficient (Wildman–Crippen LogP) is 3.46. The molecule has 0 spiro atoms. The van der Waals surface area contributed by atoms with Crippen LogP contribution in [0.1, 0.15) is 51.6 Å². The van der Waals surface area contributed by atoms with Crippen molar-refractivity contribution in [2.24, 2.45) is 7.05 Å². The van der Waals surface area contributed by atoms with Crippen LogP contribution in [0.3, 0.4) is 0 Å². The fourth-order valence-electron chi connectivity index (χ4n) is 2.95. The monoisotopic (exact) mass is 272 g/mol. The first-order valence-electron chi connectivity index (χ1n) is 10.9. The van der Waals surface area contributed by atoms with Gasteiger partial charge in [-0.3, -0.25) is 0 Å². The van der Waals surface area contributed by atoms with Crippen LogP contribution >= 0.6 is 0 Å². The highest BCUT2D eigenvalue weighted by molar-refractivity contribution is 5.65. The van der Waals surface area contributed by atoms with Gasteiger partial charge in [-0.2, -0.15) is 0 Å². The SMILES string of the molecule is [2H]C1([2H])CC([2H])([2H])c2cc(-c3cc4c(c[n+]3C)C([2H])([2H])CC4([2H])[2H])c(C)cc21. The number of pyridine rings is 1. The fourth-order valence-corrected chi connectivity index (χ4v) is 2.95. The lowest BCUT2D eigenvalue weighted by Crippen LogP contribution is -2.31. The molecule has 1 aromatic heterocycles. The molecule has 20 heavy (non-hydrogen) atoms. The van der Waals surface area contributed by atoms with Crippen molar-refractivity contribution in [3.8, 4) is 11.3 Å². The zero-order valence-corrected chi connectivity index (χ0v) is 11.7. The minimum atomic E-state index is -1.78. The Hall–Kier alpha value is -1.63. The molecule has 0 aliphatic heterocycles. The highest BCUT2D eigenvalue weighted by atomic mass is 14.9. The topological polar surface area (TPSA) is 3.88 Å². The maximum absolute atomic E-state index is 8.25. The predicted molar refractivity (Wildman–Crippen MR) is 81.8 cm³/mol. The average molecular weight is 272 g/mol. The van der Waals surface area contributed by atoms with Crippen molar-refractivity contribution in [1.82, 2.24) is 0 Å². The van der Waals surface area contributed by atoms with Crippen molar-refractivity contribution in [2.75, 3.05) is 0 Å². The Kier molecular flexibility index (Phi) is 1.43. The Bertz CT molecular complexity index is 928. The van der Waals surface area contributed by atoms with Gasteiger partial charge in [0.15, 0.2) is 6.20 Å². The molecule has 0 atom stereocenters. The number of benzene rings is 1. The van der Waals surface area contributed by atoms with Gasteiger partial charge >= 0.3 is 0 Å². The van der Waals surface area contributed by atoms with Gasteiger partial charge in [0.05, 0.1) is 0 Å². The molecule has 2 aromatic rings. The van der Waals surface area contributed by atoms with Crippen LogP contribution in [-0.4, -0.2) is 0 Å². The normalized spacial score (nSPS) is 32.3. The van der Waals surface area contributed by atoms with Crippen LogP contribution in [0.2, 0.25) is 0 Å². The van der Waals surface area contributed by atoms with Crippen LogP contribution in [-0.2, 0) is 32.5 Å². The summed E-state index contributed by atoms with van der Waals surface area (Å²) >= 11 is 0. The van der Waals surface area contributed by atoms with Gasteiger partial charge in [0, 0.05) is 28.2 Å². The van der Waals surface area contributed by atoms with Gasteiger partial charge in [0.2, 0.25) is 5.69 Å². The summed E-state index contributed by atoms with van der Waals surface area (Å²) in [6.07, 6.45) is -5.86. The lowest BCUT2D eigenvalue weighted by Gasteiger charge is -2.09. The summed E-state index contributed by atoms with van der Waals surface area (Å²) in [4.78, 5) is 0. The van der Waals surface area contributed by atoms with Crippen molar-refractivity contribution in [1.29, 1.82) is 0 Å². The number of aryl methyl sites for hydroxylation is 6. The zero-order chi connectivity index (χ0) is 20.9. The third-order valence-electron chi connectivity index (χ3n) is 4.03. The minimum Gasteiger partial charge on any atom is -0.201 e. The number of fused-ring (bicyclic) bond motifs is 2. The molecule has 0 saturated carbocycles. The number of aromatic nitrogens is 1. The van der Waals surface area contributed by atoms with Crippen molar-refractivity contribution in [2.45, 2.75) is 45.3 Å². The zero-order valence-electron chi connectivity index (χ0n) is 19.7. The van der Waals surface area contributed by atoms with Crippen LogP contribution in [0.15, 0.2) is 24.4 Å². The molecule has 0 N–H and O–H groups in total. The Balaban J connectivity index is 1.96. The summed E-state index contributed by atoms with van der Waals surface area (Å²) in [5, 5.41) is 0. The van der Waals surface area contributed by atoms with E-state index in [1.54, 1.807) is 36.0 Å². The smallest absolute Gasteiger partial charge is 0.201 e. The van der Waals surface area contributed by atoms with Crippen LogP contribution in [0.5, 0.6) is 0 Å². The van der Waals surface area contributed by atoms with Gasteiger partial charge in [-0.05, 0) is 73.6 Å². The molecule has 2 aliphatic rings. The van der Waals surface area contributed by atoms with Gasteiger partial charge in [-0.25, -0.2) is 4.57 Å². The maximum atomic E-state index is 8.25. The second-order valence-corrected chi connectivity index (χ2v) is 5.37. The average Bonchev–Trinajstić information content (AvgIpc) is 2.80. The molecule has 4 rings (SSSR count). The van der Waals surface area contributed by atoms with Gasteiger partial charge in [0.25, 0.3) is 0 Å². The third-order valence-corrected chi connectivity index (χ3v) is 4.03. The van der Waals surface area contributed by atoms with Crippen molar-refractivity contribution in [3.63, 3.8) is 0 Å². The lowest BCUT2D eigenvalue weighted by molar-refractivity contribution is -0.660. The molecule has 1 heteroatoms. The maximum Gasteiger partial charge on any atom is 0.212 e. The largest absolute Gasteiger partial charge is 0.212 e. The third kappa shape index (κ3) is 1.80.